The van der Waals surface area contributed by atoms with Gasteiger partial charge in [-0.25, -0.2) is 0 Å². The van der Waals surface area contributed by atoms with Gasteiger partial charge in [-0.3, -0.25) is 9.59 Å². The van der Waals surface area contributed by atoms with Crippen molar-refractivity contribution in [3.05, 3.63) is 24.3 Å². The van der Waals surface area contributed by atoms with Gasteiger partial charge in [-0.1, -0.05) is 6.07 Å². The summed E-state index contributed by atoms with van der Waals surface area (Å²) in [6, 6.07) is 7.01. The van der Waals surface area contributed by atoms with E-state index in [4.69, 9.17) is 10.5 Å². The van der Waals surface area contributed by atoms with Gasteiger partial charge < -0.3 is 21.1 Å². The number of anilines is 1. The Labute approximate surface area is 117 Å². The SMILES string of the molecule is NCCNC(=O)COc1cccc(NC(=O)C2CC2)c1. The first kappa shape index (κ1) is 14.3. The zero-order valence-corrected chi connectivity index (χ0v) is 11.2. The third kappa shape index (κ3) is 4.55. The third-order valence-electron chi connectivity index (χ3n) is 2.89. The summed E-state index contributed by atoms with van der Waals surface area (Å²) >= 11 is 0. The van der Waals surface area contributed by atoms with Crippen molar-refractivity contribution in [2.24, 2.45) is 11.7 Å². The minimum atomic E-state index is -0.220. The Morgan fingerprint density at radius 2 is 2.15 bits per heavy atom. The van der Waals surface area contributed by atoms with E-state index in [1.807, 2.05) is 0 Å². The molecular formula is C14H19N3O3. The van der Waals surface area contributed by atoms with E-state index in [9.17, 15) is 9.59 Å². The molecule has 0 aliphatic heterocycles. The fourth-order valence-electron chi connectivity index (χ4n) is 1.66. The van der Waals surface area contributed by atoms with Crippen molar-refractivity contribution in [1.29, 1.82) is 0 Å². The Balaban J connectivity index is 1.82. The van der Waals surface area contributed by atoms with Crippen LogP contribution in [0.25, 0.3) is 0 Å². The van der Waals surface area contributed by atoms with Crippen LogP contribution in [0.15, 0.2) is 24.3 Å². The number of carbonyl (C=O) groups excluding carboxylic acids is 2. The average Bonchev–Trinajstić information content (AvgIpc) is 3.28. The predicted octanol–water partition coefficient (Wildman–Crippen LogP) is 0.489. The van der Waals surface area contributed by atoms with Gasteiger partial charge in [0.25, 0.3) is 5.91 Å². The van der Waals surface area contributed by atoms with Crippen LogP contribution < -0.4 is 21.1 Å². The van der Waals surface area contributed by atoms with Crippen LogP contribution in [0.3, 0.4) is 0 Å². The number of carbonyl (C=O) groups is 2. The molecule has 1 aromatic rings. The van der Waals surface area contributed by atoms with E-state index in [-0.39, 0.29) is 24.3 Å². The van der Waals surface area contributed by atoms with Crippen molar-refractivity contribution >= 4 is 17.5 Å². The molecule has 2 amide bonds. The molecule has 0 heterocycles. The molecule has 1 aliphatic carbocycles. The molecule has 1 fully saturated rings. The lowest BCUT2D eigenvalue weighted by molar-refractivity contribution is -0.123. The van der Waals surface area contributed by atoms with E-state index >= 15 is 0 Å². The number of ether oxygens (including phenoxy) is 1. The first-order valence-electron chi connectivity index (χ1n) is 6.69. The monoisotopic (exact) mass is 277 g/mol. The van der Waals surface area contributed by atoms with Gasteiger partial charge in [0.2, 0.25) is 5.91 Å². The highest BCUT2D eigenvalue weighted by Gasteiger charge is 2.29. The Hall–Kier alpha value is -2.08. The molecule has 1 aromatic carbocycles. The quantitative estimate of drug-likeness (QED) is 0.676. The molecule has 1 aliphatic rings. The fourth-order valence-corrected chi connectivity index (χ4v) is 1.66. The van der Waals surface area contributed by atoms with Gasteiger partial charge in [0.1, 0.15) is 5.75 Å². The molecule has 0 spiro atoms. The summed E-state index contributed by atoms with van der Waals surface area (Å²) in [6.45, 7) is 0.758. The third-order valence-corrected chi connectivity index (χ3v) is 2.89. The van der Waals surface area contributed by atoms with Crippen LogP contribution in [0.5, 0.6) is 5.75 Å². The van der Waals surface area contributed by atoms with Crippen LogP contribution in [-0.2, 0) is 9.59 Å². The van der Waals surface area contributed by atoms with Crippen LogP contribution in [0.1, 0.15) is 12.8 Å². The van der Waals surface area contributed by atoms with E-state index in [0.29, 0.717) is 24.5 Å². The molecule has 0 unspecified atom stereocenters. The van der Waals surface area contributed by atoms with E-state index in [1.165, 1.54) is 0 Å². The number of nitrogens with one attached hydrogen (secondary N) is 2. The molecule has 6 nitrogen and oxygen atoms in total. The lowest BCUT2D eigenvalue weighted by atomic mass is 10.3. The summed E-state index contributed by atoms with van der Waals surface area (Å²) < 4.78 is 5.36. The van der Waals surface area contributed by atoms with Crippen molar-refractivity contribution in [1.82, 2.24) is 5.32 Å². The van der Waals surface area contributed by atoms with Crippen LogP contribution in [0, 0.1) is 5.92 Å². The summed E-state index contributed by atoms with van der Waals surface area (Å²) in [7, 11) is 0. The van der Waals surface area contributed by atoms with E-state index in [2.05, 4.69) is 10.6 Å². The lowest BCUT2D eigenvalue weighted by Gasteiger charge is -2.09. The van der Waals surface area contributed by atoms with Crippen molar-refractivity contribution in [3.63, 3.8) is 0 Å². The van der Waals surface area contributed by atoms with Gasteiger partial charge in [0.05, 0.1) is 0 Å². The Morgan fingerprint density at radius 3 is 2.85 bits per heavy atom. The molecule has 20 heavy (non-hydrogen) atoms. The summed E-state index contributed by atoms with van der Waals surface area (Å²) in [5, 5.41) is 5.44. The summed E-state index contributed by atoms with van der Waals surface area (Å²) in [4.78, 5) is 23.0. The Bertz CT molecular complexity index is 486. The molecule has 1 saturated carbocycles. The van der Waals surface area contributed by atoms with Gasteiger partial charge in [-0.2, -0.15) is 0 Å². The highest BCUT2D eigenvalue weighted by Crippen LogP contribution is 2.30. The topological polar surface area (TPSA) is 93.4 Å². The molecule has 4 N–H and O–H groups in total. The Morgan fingerprint density at radius 1 is 1.35 bits per heavy atom. The first-order valence-corrected chi connectivity index (χ1v) is 6.69. The van der Waals surface area contributed by atoms with Crippen molar-refractivity contribution in [2.45, 2.75) is 12.8 Å². The molecule has 0 bridgehead atoms. The van der Waals surface area contributed by atoms with Crippen molar-refractivity contribution in [2.75, 3.05) is 25.0 Å². The van der Waals surface area contributed by atoms with Gasteiger partial charge >= 0.3 is 0 Å². The first-order chi connectivity index (χ1) is 9.69. The normalized spacial score (nSPS) is 13.7. The zero-order valence-electron chi connectivity index (χ0n) is 11.2. The molecule has 0 atom stereocenters. The number of rotatable bonds is 7. The maximum absolute atomic E-state index is 11.6. The fraction of sp³-hybridized carbons (Fsp3) is 0.429. The largest absolute Gasteiger partial charge is 0.484 e. The second kappa shape index (κ2) is 6.91. The molecule has 0 saturated heterocycles. The second-order valence-corrected chi connectivity index (χ2v) is 4.72. The maximum Gasteiger partial charge on any atom is 0.257 e. The Kier molecular flexibility index (Phi) is 4.95. The van der Waals surface area contributed by atoms with Crippen molar-refractivity contribution < 1.29 is 14.3 Å². The van der Waals surface area contributed by atoms with Crippen LogP contribution >= 0.6 is 0 Å². The molecule has 108 valence electrons. The van der Waals surface area contributed by atoms with Crippen LogP contribution in [0.2, 0.25) is 0 Å². The lowest BCUT2D eigenvalue weighted by Crippen LogP contribution is -2.32. The van der Waals surface area contributed by atoms with E-state index in [1.54, 1.807) is 24.3 Å². The van der Waals surface area contributed by atoms with Gasteiger partial charge in [-0.05, 0) is 25.0 Å². The molecule has 6 heteroatoms. The van der Waals surface area contributed by atoms with E-state index < -0.39 is 0 Å². The highest BCUT2D eigenvalue weighted by atomic mass is 16.5. The van der Waals surface area contributed by atoms with Crippen LogP contribution in [-0.4, -0.2) is 31.5 Å². The van der Waals surface area contributed by atoms with Gasteiger partial charge in [0, 0.05) is 30.8 Å². The van der Waals surface area contributed by atoms with Gasteiger partial charge in [-0.15, -0.1) is 0 Å². The smallest absolute Gasteiger partial charge is 0.257 e. The summed E-state index contributed by atoms with van der Waals surface area (Å²) in [6.07, 6.45) is 1.92. The highest BCUT2D eigenvalue weighted by molar-refractivity contribution is 5.94. The second-order valence-electron chi connectivity index (χ2n) is 4.72. The average molecular weight is 277 g/mol. The van der Waals surface area contributed by atoms with E-state index in [0.717, 1.165) is 12.8 Å². The molecule has 0 aromatic heterocycles. The number of nitrogens with two attached hydrogens (primary N) is 1. The summed E-state index contributed by atoms with van der Waals surface area (Å²) in [5.41, 5.74) is 5.97. The minimum absolute atomic E-state index is 0.0443. The molecular weight excluding hydrogens is 258 g/mol. The number of hydrogen-bond acceptors (Lipinski definition) is 4. The standard InChI is InChI=1S/C14H19N3O3/c15-6-7-16-13(18)9-20-12-3-1-2-11(8-12)17-14(19)10-4-5-10/h1-3,8,10H,4-7,9,15H2,(H,16,18)(H,17,19). The van der Waals surface area contributed by atoms with Crippen molar-refractivity contribution in [3.8, 4) is 5.75 Å². The van der Waals surface area contributed by atoms with Gasteiger partial charge in [0.15, 0.2) is 6.61 Å². The number of amides is 2. The maximum atomic E-state index is 11.6. The minimum Gasteiger partial charge on any atom is -0.484 e. The zero-order chi connectivity index (χ0) is 14.4. The predicted molar refractivity (Wildman–Crippen MR) is 75.4 cm³/mol. The summed E-state index contributed by atoms with van der Waals surface area (Å²) in [5.74, 6) is 0.522. The molecule has 2 rings (SSSR count). The number of benzene rings is 1. The van der Waals surface area contributed by atoms with Crippen LogP contribution in [0.4, 0.5) is 5.69 Å². The molecule has 0 radical (unpaired) electrons. The number of hydrogen-bond donors (Lipinski definition) is 3.